The van der Waals surface area contributed by atoms with Crippen LogP contribution in [0, 0.1) is 18.7 Å². The highest BCUT2D eigenvalue weighted by Gasteiger charge is 2.40. The number of carbonyl (C=O) groups is 1. The molecule has 1 saturated heterocycles. The van der Waals surface area contributed by atoms with Gasteiger partial charge in [0.2, 0.25) is 0 Å². The number of fused-ring (bicyclic) bond motifs is 1. The number of halogens is 4. The maximum atomic E-state index is 13.7. The van der Waals surface area contributed by atoms with Gasteiger partial charge < -0.3 is 9.88 Å². The molecule has 5 rings (SSSR count). The topological polar surface area (TPSA) is 61.9 Å². The molecule has 5 nitrogen and oxygen atoms in total. The van der Waals surface area contributed by atoms with E-state index in [1.165, 1.54) is 29.5 Å². The Hall–Kier alpha value is -3.27. The molecule has 0 unspecified atom stereocenters. The molecule has 2 aromatic carbocycles. The summed E-state index contributed by atoms with van der Waals surface area (Å²) in [6.45, 7) is 4.16. The van der Waals surface area contributed by atoms with Gasteiger partial charge in [-0.15, -0.1) is 11.3 Å². The molecule has 4 aromatic rings. The van der Waals surface area contributed by atoms with Crippen LogP contribution in [-0.2, 0) is 6.18 Å². The van der Waals surface area contributed by atoms with Crippen molar-refractivity contribution >= 4 is 28.3 Å². The van der Waals surface area contributed by atoms with Crippen LogP contribution in [0.25, 0.3) is 21.5 Å². The highest BCUT2D eigenvalue weighted by Crippen LogP contribution is 2.41. The Kier molecular flexibility index (Phi) is 5.43. The van der Waals surface area contributed by atoms with Gasteiger partial charge >= 0.3 is 6.18 Å². The van der Waals surface area contributed by atoms with Crippen molar-refractivity contribution < 1.29 is 22.4 Å². The van der Waals surface area contributed by atoms with Gasteiger partial charge in [-0.05, 0) is 49.1 Å². The third-order valence-corrected chi connectivity index (χ3v) is 7.14. The number of nitrogens with one attached hydrogen (secondary N) is 1. The molecule has 2 aromatic heterocycles. The molecule has 2 atom stereocenters. The van der Waals surface area contributed by atoms with E-state index in [1.807, 2.05) is 6.92 Å². The number of amides is 1. The Labute approximate surface area is 196 Å². The summed E-state index contributed by atoms with van der Waals surface area (Å²) >= 11 is 1.34. The lowest BCUT2D eigenvalue weighted by Crippen LogP contribution is -2.33. The monoisotopic (exact) mass is 488 g/mol. The van der Waals surface area contributed by atoms with Crippen LogP contribution in [0.1, 0.15) is 46.3 Å². The summed E-state index contributed by atoms with van der Waals surface area (Å²) in [7, 11) is 0. The minimum Gasteiger partial charge on any atom is -0.340 e. The van der Waals surface area contributed by atoms with E-state index in [4.69, 9.17) is 0 Å². The first-order valence-corrected chi connectivity index (χ1v) is 11.6. The van der Waals surface area contributed by atoms with Crippen LogP contribution >= 0.6 is 11.3 Å². The van der Waals surface area contributed by atoms with Crippen molar-refractivity contribution in [3.05, 3.63) is 70.4 Å². The Morgan fingerprint density at radius 2 is 1.88 bits per heavy atom. The second-order valence-corrected chi connectivity index (χ2v) is 9.65. The highest BCUT2D eigenvalue weighted by molar-refractivity contribution is 7.15. The third-order valence-electron chi connectivity index (χ3n) is 6.12. The number of imidazole rings is 1. The van der Waals surface area contributed by atoms with E-state index < -0.39 is 17.8 Å². The summed E-state index contributed by atoms with van der Waals surface area (Å²) in [6.07, 6.45) is -3.86. The molecule has 1 fully saturated rings. The van der Waals surface area contributed by atoms with Gasteiger partial charge in [0, 0.05) is 6.54 Å². The van der Waals surface area contributed by atoms with E-state index in [1.54, 1.807) is 30.0 Å². The summed E-state index contributed by atoms with van der Waals surface area (Å²) in [4.78, 5) is 27.7. The zero-order chi connectivity index (χ0) is 24.2. The fraction of sp³-hybridized carbons (Fsp3) is 0.292. The second-order valence-electron chi connectivity index (χ2n) is 8.45. The van der Waals surface area contributed by atoms with Crippen molar-refractivity contribution in [3.63, 3.8) is 0 Å². The van der Waals surface area contributed by atoms with Gasteiger partial charge in [-0.25, -0.2) is 14.4 Å². The highest BCUT2D eigenvalue weighted by atomic mass is 32.1. The Bertz CT molecular complexity index is 1380. The van der Waals surface area contributed by atoms with Crippen molar-refractivity contribution in [1.82, 2.24) is 19.9 Å². The number of benzene rings is 2. The predicted octanol–water partition coefficient (Wildman–Crippen LogP) is 6.38. The van der Waals surface area contributed by atoms with Crippen LogP contribution in [0.4, 0.5) is 17.6 Å². The maximum absolute atomic E-state index is 13.7. The van der Waals surface area contributed by atoms with Crippen LogP contribution in [0.3, 0.4) is 0 Å². The van der Waals surface area contributed by atoms with Gasteiger partial charge in [-0.1, -0.05) is 25.1 Å². The lowest BCUT2D eigenvalue weighted by molar-refractivity contribution is -0.136. The van der Waals surface area contributed by atoms with E-state index in [-0.39, 0.29) is 34.4 Å². The molecule has 1 aliphatic heterocycles. The van der Waals surface area contributed by atoms with Gasteiger partial charge in [0.25, 0.3) is 5.91 Å². The van der Waals surface area contributed by atoms with Gasteiger partial charge in [0.15, 0.2) is 0 Å². The molecule has 1 amide bonds. The van der Waals surface area contributed by atoms with Gasteiger partial charge in [-0.3, -0.25) is 4.79 Å². The second kappa shape index (κ2) is 8.19. The number of rotatable bonds is 3. The summed E-state index contributed by atoms with van der Waals surface area (Å²) in [5.74, 6) is -0.405. The lowest BCUT2D eigenvalue weighted by Gasteiger charge is -2.25. The fourth-order valence-corrected chi connectivity index (χ4v) is 5.43. The van der Waals surface area contributed by atoms with Crippen LogP contribution in [0.15, 0.2) is 42.5 Å². The predicted molar refractivity (Wildman–Crippen MR) is 121 cm³/mol. The van der Waals surface area contributed by atoms with Crippen molar-refractivity contribution in [2.45, 2.75) is 32.5 Å². The van der Waals surface area contributed by atoms with E-state index in [0.717, 1.165) is 6.07 Å². The van der Waals surface area contributed by atoms with Crippen molar-refractivity contribution in [3.8, 4) is 10.4 Å². The number of alkyl halides is 3. The number of aromatic amines is 1. The number of hydrogen-bond donors (Lipinski definition) is 1. The normalized spacial score (nSPS) is 18.7. The Balaban J connectivity index is 1.55. The number of hydrogen-bond acceptors (Lipinski definition) is 4. The summed E-state index contributed by atoms with van der Waals surface area (Å²) < 4.78 is 53.9. The lowest BCUT2D eigenvalue weighted by atomic mass is 10.0. The molecule has 3 heterocycles. The van der Waals surface area contributed by atoms with Crippen LogP contribution in [-0.4, -0.2) is 32.3 Å². The zero-order valence-corrected chi connectivity index (χ0v) is 19.1. The first-order valence-electron chi connectivity index (χ1n) is 10.7. The Morgan fingerprint density at radius 1 is 1.15 bits per heavy atom. The number of likely N-dealkylation sites (tertiary alicyclic amines) is 1. The average Bonchev–Trinajstić information content (AvgIpc) is 3.48. The molecular formula is C24H20F4N4OS. The van der Waals surface area contributed by atoms with Crippen LogP contribution in [0.2, 0.25) is 0 Å². The number of aromatic nitrogens is 3. The molecular weight excluding hydrogens is 468 g/mol. The first-order chi connectivity index (χ1) is 16.1. The minimum absolute atomic E-state index is 0.0205. The SMILES string of the molecule is Cc1nc(C(=O)N2CC[C@H](C)[C@H]2c2nc3c(C(F)(F)F)cccc3[nH]2)c(-c2ccc(F)cc2)s1. The molecule has 1 N–H and O–H groups in total. The maximum Gasteiger partial charge on any atom is 0.418 e. The van der Waals surface area contributed by atoms with Gasteiger partial charge in [-0.2, -0.15) is 13.2 Å². The van der Waals surface area contributed by atoms with Crippen LogP contribution in [0.5, 0.6) is 0 Å². The summed E-state index contributed by atoms with van der Waals surface area (Å²) in [5.41, 5.74) is 0.226. The summed E-state index contributed by atoms with van der Waals surface area (Å²) in [6, 6.07) is 9.20. The number of aryl methyl sites for hydroxylation is 1. The zero-order valence-electron chi connectivity index (χ0n) is 18.3. The third kappa shape index (κ3) is 3.85. The molecule has 0 spiro atoms. The van der Waals surface area contributed by atoms with E-state index >= 15 is 0 Å². The molecule has 176 valence electrons. The molecule has 10 heteroatoms. The standard InChI is InChI=1S/C24H20F4N4OS/c1-12-10-11-32(20(12)22-30-17-5-3-4-16(18(17)31-22)24(26,27)28)23(33)19-21(34-13(2)29-19)14-6-8-15(25)9-7-14/h3-9,12,20H,10-11H2,1-2H3,(H,30,31)/t12-,20-/m0/s1. The quantitative estimate of drug-likeness (QED) is 0.341. The first kappa shape index (κ1) is 22.5. The minimum atomic E-state index is -4.54. The van der Waals surface area contributed by atoms with Crippen molar-refractivity contribution in [2.24, 2.45) is 5.92 Å². The number of nitrogens with zero attached hydrogens (tertiary/aromatic N) is 3. The molecule has 0 radical (unpaired) electrons. The number of H-pyrrole nitrogens is 1. The average molecular weight is 489 g/mol. The number of carbonyl (C=O) groups excluding carboxylic acids is 1. The van der Waals surface area contributed by atoms with Gasteiger partial charge in [0.05, 0.1) is 27.0 Å². The number of para-hydroxylation sites is 1. The fourth-order valence-electron chi connectivity index (χ4n) is 4.52. The largest absolute Gasteiger partial charge is 0.418 e. The smallest absolute Gasteiger partial charge is 0.340 e. The molecule has 34 heavy (non-hydrogen) atoms. The molecule has 0 saturated carbocycles. The van der Waals surface area contributed by atoms with Crippen molar-refractivity contribution in [1.29, 1.82) is 0 Å². The van der Waals surface area contributed by atoms with E-state index in [2.05, 4.69) is 15.0 Å². The van der Waals surface area contributed by atoms with Crippen molar-refractivity contribution in [2.75, 3.05) is 6.54 Å². The molecule has 0 bridgehead atoms. The molecule has 0 aliphatic carbocycles. The van der Waals surface area contributed by atoms with Gasteiger partial charge in [0.1, 0.15) is 22.9 Å². The number of thiazole rings is 1. The van der Waals surface area contributed by atoms with E-state index in [9.17, 15) is 22.4 Å². The summed E-state index contributed by atoms with van der Waals surface area (Å²) in [5, 5.41) is 0.685. The van der Waals surface area contributed by atoms with Crippen LogP contribution < -0.4 is 0 Å². The molecule has 1 aliphatic rings. The Morgan fingerprint density at radius 3 is 2.59 bits per heavy atom. The van der Waals surface area contributed by atoms with E-state index in [0.29, 0.717) is 34.2 Å².